The van der Waals surface area contributed by atoms with Crippen LogP contribution in [0.2, 0.25) is 5.02 Å². The molecule has 0 saturated heterocycles. The highest BCUT2D eigenvalue weighted by Crippen LogP contribution is 2.20. The summed E-state index contributed by atoms with van der Waals surface area (Å²) < 4.78 is 5.61. The van der Waals surface area contributed by atoms with Crippen LogP contribution in [0.4, 0.5) is 0 Å². The van der Waals surface area contributed by atoms with E-state index in [-0.39, 0.29) is 12.1 Å². The van der Waals surface area contributed by atoms with Crippen LogP contribution >= 0.6 is 11.6 Å². The molecule has 3 N–H and O–H groups in total. The second-order valence-corrected chi connectivity index (χ2v) is 4.80. The maximum absolute atomic E-state index is 11.4. The molecular weight excluding hydrogens is 278 g/mol. The summed E-state index contributed by atoms with van der Waals surface area (Å²) >= 11 is 5.94. The Bertz CT molecular complexity index is 655. The molecule has 0 fully saturated rings. The summed E-state index contributed by atoms with van der Waals surface area (Å²) in [4.78, 5) is 18.3. The van der Waals surface area contributed by atoms with Crippen LogP contribution in [0, 0.1) is 6.92 Å². The number of hydrogen-bond acceptors (Lipinski definition) is 4. The summed E-state index contributed by atoms with van der Waals surface area (Å²) in [5.74, 6) is 1.31. The number of halogens is 1. The molecule has 0 saturated carbocycles. The predicted octanol–water partition coefficient (Wildman–Crippen LogP) is 1.81. The summed E-state index contributed by atoms with van der Waals surface area (Å²) in [6.07, 6.45) is 0.505. The van der Waals surface area contributed by atoms with E-state index in [1.807, 2.05) is 19.1 Å². The highest BCUT2D eigenvalue weighted by molar-refractivity contribution is 6.31. The van der Waals surface area contributed by atoms with Gasteiger partial charge in [0.1, 0.15) is 11.6 Å². The van der Waals surface area contributed by atoms with Gasteiger partial charge in [0.25, 0.3) is 5.56 Å². The maximum atomic E-state index is 11.4. The number of aromatic amines is 1. The third kappa shape index (κ3) is 3.82. The van der Waals surface area contributed by atoms with Gasteiger partial charge in [-0.05, 0) is 30.7 Å². The molecule has 2 rings (SSSR count). The molecule has 0 spiro atoms. The molecule has 106 valence electrons. The van der Waals surface area contributed by atoms with Crippen molar-refractivity contribution < 1.29 is 4.74 Å². The first-order valence-electron chi connectivity index (χ1n) is 6.26. The molecule has 0 unspecified atom stereocenters. The van der Waals surface area contributed by atoms with Crippen LogP contribution < -0.4 is 16.0 Å². The fraction of sp³-hybridized carbons (Fsp3) is 0.286. The van der Waals surface area contributed by atoms with Gasteiger partial charge in [-0.1, -0.05) is 11.6 Å². The molecule has 5 nitrogen and oxygen atoms in total. The van der Waals surface area contributed by atoms with Crippen molar-refractivity contribution in [2.75, 3.05) is 6.61 Å². The van der Waals surface area contributed by atoms with Crippen LogP contribution in [0.25, 0.3) is 0 Å². The van der Waals surface area contributed by atoms with Crippen molar-refractivity contribution in [3.8, 4) is 5.75 Å². The van der Waals surface area contributed by atoms with Crippen molar-refractivity contribution in [2.45, 2.75) is 19.9 Å². The van der Waals surface area contributed by atoms with E-state index in [9.17, 15) is 4.79 Å². The third-order valence-corrected chi connectivity index (χ3v) is 3.21. The Morgan fingerprint density at radius 1 is 1.40 bits per heavy atom. The molecule has 0 aliphatic heterocycles. The predicted molar refractivity (Wildman–Crippen MR) is 78.1 cm³/mol. The van der Waals surface area contributed by atoms with Crippen molar-refractivity contribution in [1.29, 1.82) is 0 Å². The molecule has 20 heavy (non-hydrogen) atoms. The SMILES string of the molecule is Cc1cc(OCCc2nc(CN)cc(=O)[nH]2)ccc1Cl. The van der Waals surface area contributed by atoms with Crippen molar-refractivity contribution >= 4 is 11.6 Å². The minimum Gasteiger partial charge on any atom is -0.493 e. The van der Waals surface area contributed by atoms with Crippen molar-refractivity contribution in [2.24, 2.45) is 5.73 Å². The summed E-state index contributed by atoms with van der Waals surface area (Å²) in [6, 6.07) is 6.87. The number of benzene rings is 1. The lowest BCUT2D eigenvalue weighted by Gasteiger charge is -2.08. The van der Waals surface area contributed by atoms with E-state index < -0.39 is 0 Å². The first kappa shape index (κ1) is 14.6. The highest BCUT2D eigenvalue weighted by atomic mass is 35.5. The standard InChI is InChI=1S/C14H16ClN3O2/c1-9-6-11(2-3-12(9)15)20-5-4-13-17-10(8-16)7-14(19)18-13/h2-3,6-7H,4-5,8,16H2,1H3,(H,17,18,19). The number of aryl methyl sites for hydroxylation is 1. The van der Waals surface area contributed by atoms with Crippen LogP contribution in [0.15, 0.2) is 29.1 Å². The first-order chi connectivity index (χ1) is 9.58. The molecule has 0 amide bonds. The number of hydrogen-bond donors (Lipinski definition) is 2. The lowest BCUT2D eigenvalue weighted by atomic mass is 10.2. The quantitative estimate of drug-likeness (QED) is 0.881. The van der Waals surface area contributed by atoms with Crippen molar-refractivity contribution in [3.63, 3.8) is 0 Å². The lowest BCUT2D eigenvalue weighted by molar-refractivity contribution is 0.318. The molecule has 0 radical (unpaired) electrons. The van der Waals surface area contributed by atoms with Crippen molar-refractivity contribution in [3.05, 3.63) is 56.7 Å². The molecule has 0 bridgehead atoms. The van der Waals surface area contributed by atoms with Crippen molar-refractivity contribution in [1.82, 2.24) is 9.97 Å². The monoisotopic (exact) mass is 293 g/mol. The van der Waals surface area contributed by atoms with Gasteiger partial charge in [-0.15, -0.1) is 0 Å². The molecular formula is C14H16ClN3O2. The van der Waals surface area contributed by atoms with Crippen LogP contribution in [0.3, 0.4) is 0 Å². The van der Waals surface area contributed by atoms with Crippen LogP contribution in [0.1, 0.15) is 17.1 Å². The smallest absolute Gasteiger partial charge is 0.251 e. The molecule has 0 aliphatic rings. The second-order valence-electron chi connectivity index (χ2n) is 4.40. The molecule has 6 heteroatoms. The van der Waals surface area contributed by atoms with Crippen LogP contribution in [-0.2, 0) is 13.0 Å². The van der Waals surface area contributed by atoms with Gasteiger partial charge in [0.2, 0.25) is 0 Å². The number of H-pyrrole nitrogens is 1. The van der Waals surface area contributed by atoms with E-state index in [2.05, 4.69) is 9.97 Å². The van der Waals surface area contributed by atoms with Gasteiger partial charge < -0.3 is 15.5 Å². The zero-order valence-corrected chi connectivity index (χ0v) is 11.9. The minimum atomic E-state index is -0.196. The third-order valence-electron chi connectivity index (χ3n) is 2.79. The average Bonchev–Trinajstić information content (AvgIpc) is 2.42. The van der Waals surface area contributed by atoms with Gasteiger partial charge in [-0.2, -0.15) is 0 Å². The number of nitrogens with one attached hydrogen (secondary N) is 1. The largest absolute Gasteiger partial charge is 0.493 e. The Labute approximate surface area is 121 Å². The zero-order chi connectivity index (χ0) is 14.5. The zero-order valence-electron chi connectivity index (χ0n) is 11.1. The Kier molecular flexibility index (Phi) is 4.76. The number of nitrogens with two attached hydrogens (primary N) is 1. The normalized spacial score (nSPS) is 10.6. The molecule has 0 atom stereocenters. The molecule has 1 aromatic carbocycles. The summed E-state index contributed by atoms with van der Waals surface area (Å²) in [7, 11) is 0. The van der Waals surface area contributed by atoms with E-state index in [1.165, 1.54) is 6.07 Å². The first-order valence-corrected chi connectivity index (χ1v) is 6.64. The molecule has 1 heterocycles. The van der Waals surface area contributed by atoms with Crippen LogP contribution in [0.5, 0.6) is 5.75 Å². The summed E-state index contributed by atoms with van der Waals surface area (Å²) in [6.45, 7) is 2.57. The molecule has 0 aliphatic carbocycles. The number of ether oxygens (including phenoxy) is 1. The summed E-state index contributed by atoms with van der Waals surface area (Å²) in [5.41, 5.74) is 6.82. The van der Waals surface area contributed by atoms with Gasteiger partial charge >= 0.3 is 0 Å². The highest BCUT2D eigenvalue weighted by Gasteiger charge is 2.02. The maximum Gasteiger partial charge on any atom is 0.251 e. The average molecular weight is 294 g/mol. The van der Waals surface area contributed by atoms with Gasteiger partial charge in [-0.25, -0.2) is 4.98 Å². The number of aromatic nitrogens is 2. The topological polar surface area (TPSA) is 81.0 Å². The van der Waals surface area contributed by atoms with Crippen LogP contribution in [-0.4, -0.2) is 16.6 Å². The van der Waals surface area contributed by atoms with E-state index >= 15 is 0 Å². The Balaban J connectivity index is 1.97. The van der Waals surface area contributed by atoms with E-state index in [0.717, 1.165) is 11.3 Å². The van der Waals surface area contributed by atoms with Gasteiger partial charge in [0.05, 0.1) is 12.3 Å². The van der Waals surface area contributed by atoms with Gasteiger partial charge in [-0.3, -0.25) is 4.79 Å². The number of rotatable bonds is 5. The van der Waals surface area contributed by atoms with E-state index in [1.54, 1.807) is 6.07 Å². The van der Waals surface area contributed by atoms with E-state index in [0.29, 0.717) is 29.6 Å². The van der Waals surface area contributed by atoms with Gasteiger partial charge in [0.15, 0.2) is 0 Å². The summed E-state index contributed by atoms with van der Waals surface area (Å²) in [5, 5.41) is 0.707. The second kappa shape index (κ2) is 6.54. The Hall–Kier alpha value is -1.85. The molecule has 1 aromatic heterocycles. The lowest BCUT2D eigenvalue weighted by Crippen LogP contribution is -2.16. The molecule has 2 aromatic rings. The fourth-order valence-corrected chi connectivity index (χ4v) is 1.88. The van der Waals surface area contributed by atoms with Gasteiger partial charge in [0, 0.05) is 24.1 Å². The Morgan fingerprint density at radius 2 is 2.20 bits per heavy atom. The fourth-order valence-electron chi connectivity index (χ4n) is 1.76. The Morgan fingerprint density at radius 3 is 2.90 bits per heavy atom. The minimum absolute atomic E-state index is 0.196. The number of nitrogens with zero attached hydrogens (tertiary/aromatic N) is 1. The van der Waals surface area contributed by atoms with E-state index in [4.69, 9.17) is 22.1 Å².